The van der Waals surface area contributed by atoms with Crippen molar-refractivity contribution in [1.29, 1.82) is 0 Å². The average Bonchev–Trinajstić information content (AvgIpc) is 3.29. The van der Waals surface area contributed by atoms with Crippen LogP contribution >= 0.6 is 31.0 Å². The number of fused-ring (bicyclic) bond motifs is 1. The fourth-order valence-electron chi connectivity index (χ4n) is 3.87. The standard InChI is InChI=1S/C24H23Cl2N6O7P/c1-12(2)31-10-15(20-22(27)28-11-29-23(20)31)21(33)13-4-7-19(38-3)18(8-13)32(39-40(35,36)37)24(34)30-17-6-5-14(25)9-16(17)26/h4-12H,1-3H3,(H,30,34)(H2,27,28,29)(H2,35,36,37). The lowest BCUT2D eigenvalue weighted by Crippen LogP contribution is -2.34. The summed E-state index contributed by atoms with van der Waals surface area (Å²) in [4.78, 5) is 54.4. The van der Waals surface area contributed by atoms with Crippen molar-refractivity contribution in [2.45, 2.75) is 19.9 Å². The normalized spacial score (nSPS) is 11.6. The number of nitrogens with two attached hydrogens (primary N) is 1. The van der Waals surface area contributed by atoms with E-state index in [-0.39, 0.29) is 50.2 Å². The molecule has 0 saturated carbocycles. The highest BCUT2D eigenvalue weighted by Crippen LogP contribution is 2.42. The molecular weight excluding hydrogens is 586 g/mol. The van der Waals surface area contributed by atoms with Gasteiger partial charge in [0.25, 0.3) is 0 Å². The van der Waals surface area contributed by atoms with Crippen LogP contribution in [0.25, 0.3) is 11.0 Å². The van der Waals surface area contributed by atoms with Gasteiger partial charge < -0.3 is 30.1 Å². The summed E-state index contributed by atoms with van der Waals surface area (Å²) < 4.78 is 23.6. The number of benzene rings is 2. The van der Waals surface area contributed by atoms with Gasteiger partial charge in [-0.05, 0) is 50.2 Å². The zero-order valence-corrected chi connectivity index (χ0v) is 23.6. The minimum atomic E-state index is -5.31. The van der Waals surface area contributed by atoms with Crippen molar-refractivity contribution in [2.75, 3.05) is 23.2 Å². The molecule has 0 spiro atoms. The molecule has 40 heavy (non-hydrogen) atoms. The van der Waals surface area contributed by atoms with Crippen LogP contribution in [0.4, 0.5) is 22.0 Å². The lowest BCUT2D eigenvalue weighted by Gasteiger charge is -2.24. The number of nitrogen functional groups attached to an aromatic ring is 1. The summed E-state index contributed by atoms with van der Waals surface area (Å²) in [5.41, 5.74) is 6.50. The van der Waals surface area contributed by atoms with Crippen molar-refractivity contribution in [3.05, 3.63) is 70.1 Å². The first-order valence-electron chi connectivity index (χ1n) is 11.5. The Labute approximate surface area is 237 Å². The molecule has 0 radical (unpaired) electrons. The number of carbonyl (C=O) groups is 2. The Balaban J connectivity index is 1.82. The lowest BCUT2D eigenvalue weighted by atomic mass is 10.0. The van der Waals surface area contributed by atoms with E-state index in [4.69, 9.17) is 38.3 Å². The Morgan fingerprint density at radius 1 is 1.15 bits per heavy atom. The number of ether oxygens (including phenoxy) is 1. The smallest absolute Gasteiger partial charge is 0.491 e. The Bertz CT molecular complexity index is 1670. The van der Waals surface area contributed by atoms with E-state index in [1.807, 2.05) is 13.8 Å². The summed E-state index contributed by atoms with van der Waals surface area (Å²) in [6.07, 6.45) is 2.88. The quantitative estimate of drug-likeness (QED) is 0.118. The molecule has 0 unspecified atom stereocenters. The van der Waals surface area contributed by atoms with Gasteiger partial charge in [0.2, 0.25) is 0 Å². The predicted octanol–water partition coefficient (Wildman–Crippen LogP) is 5.20. The van der Waals surface area contributed by atoms with Gasteiger partial charge in [-0.15, -0.1) is 0 Å². The molecule has 2 aromatic heterocycles. The molecule has 0 bridgehead atoms. The minimum Gasteiger partial charge on any atom is -0.494 e. The van der Waals surface area contributed by atoms with Crippen LogP contribution in [0.2, 0.25) is 10.0 Å². The average molecular weight is 609 g/mol. The number of hydrogen-bond donors (Lipinski definition) is 4. The maximum Gasteiger partial charge on any atom is 0.491 e. The number of anilines is 3. The molecule has 0 saturated heterocycles. The van der Waals surface area contributed by atoms with Crippen LogP contribution in [0.5, 0.6) is 5.75 Å². The molecule has 13 nitrogen and oxygen atoms in total. The highest BCUT2D eigenvalue weighted by Gasteiger charge is 2.31. The molecule has 4 aromatic rings. The van der Waals surface area contributed by atoms with Crippen LogP contribution in [-0.4, -0.2) is 43.2 Å². The summed E-state index contributed by atoms with van der Waals surface area (Å²) in [5, 5.41) is 3.34. The number of amides is 2. The maximum atomic E-state index is 13.7. The largest absolute Gasteiger partial charge is 0.494 e. The van der Waals surface area contributed by atoms with E-state index in [2.05, 4.69) is 15.3 Å². The van der Waals surface area contributed by atoms with Crippen molar-refractivity contribution in [1.82, 2.24) is 14.5 Å². The fraction of sp³-hybridized carbons (Fsp3) is 0.167. The number of carbonyl (C=O) groups excluding carboxylic acids is 2. The second kappa shape index (κ2) is 11.4. The van der Waals surface area contributed by atoms with Crippen molar-refractivity contribution in [3.63, 3.8) is 0 Å². The number of aromatic nitrogens is 3. The number of rotatable bonds is 8. The van der Waals surface area contributed by atoms with Crippen LogP contribution in [0.3, 0.4) is 0 Å². The number of nitrogens with one attached hydrogen (secondary N) is 1. The monoisotopic (exact) mass is 608 g/mol. The van der Waals surface area contributed by atoms with Crippen molar-refractivity contribution in [3.8, 4) is 5.75 Å². The van der Waals surface area contributed by atoms with Crippen LogP contribution in [0.1, 0.15) is 35.8 Å². The van der Waals surface area contributed by atoms with Gasteiger partial charge in [0, 0.05) is 22.8 Å². The zero-order chi connectivity index (χ0) is 29.4. The fourth-order valence-corrected chi connectivity index (χ4v) is 4.70. The third-order valence-corrected chi connectivity index (χ3v) is 6.57. The molecule has 4 rings (SSSR count). The third-order valence-electron chi connectivity index (χ3n) is 5.64. The second-order valence-corrected chi connectivity index (χ2v) is 10.6. The highest BCUT2D eigenvalue weighted by molar-refractivity contribution is 7.46. The Morgan fingerprint density at radius 2 is 1.88 bits per heavy atom. The van der Waals surface area contributed by atoms with Crippen LogP contribution in [0.15, 0.2) is 48.9 Å². The highest BCUT2D eigenvalue weighted by atomic mass is 35.5. The topological polar surface area (TPSA) is 182 Å². The molecule has 0 aliphatic carbocycles. The molecule has 0 aliphatic heterocycles. The second-order valence-electron chi connectivity index (χ2n) is 8.64. The summed E-state index contributed by atoms with van der Waals surface area (Å²) in [6.45, 7) is 3.81. The van der Waals surface area contributed by atoms with Crippen molar-refractivity contribution < 1.29 is 33.3 Å². The first-order valence-corrected chi connectivity index (χ1v) is 13.7. The van der Waals surface area contributed by atoms with E-state index >= 15 is 0 Å². The molecule has 5 N–H and O–H groups in total. The zero-order valence-electron chi connectivity index (χ0n) is 21.2. The number of urea groups is 1. The van der Waals surface area contributed by atoms with E-state index in [0.29, 0.717) is 16.1 Å². The van der Waals surface area contributed by atoms with Gasteiger partial charge in [-0.1, -0.05) is 23.2 Å². The molecule has 16 heteroatoms. The number of hydrogen-bond acceptors (Lipinski definition) is 8. The number of hydroxylamine groups is 1. The number of ketones is 1. The van der Waals surface area contributed by atoms with Gasteiger partial charge in [0.05, 0.1) is 28.8 Å². The number of nitrogens with zero attached hydrogens (tertiary/aromatic N) is 4. The first-order chi connectivity index (χ1) is 18.8. The molecule has 210 valence electrons. The van der Waals surface area contributed by atoms with E-state index < -0.39 is 19.6 Å². The Morgan fingerprint density at radius 3 is 2.50 bits per heavy atom. The predicted molar refractivity (Wildman–Crippen MR) is 150 cm³/mol. The molecule has 2 aromatic carbocycles. The van der Waals surface area contributed by atoms with Gasteiger partial charge >= 0.3 is 13.9 Å². The molecule has 2 amide bonds. The van der Waals surface area contributed by atoms with Crippen LogP contribution in [-0.2, 0) is 9.19 Å². The molecule has 0 fully saturated rings. The summed E-state index contributed by atoms with van der Waals surface area (Å²) in [6, 6.07) is 6.88. The van der Waals surface area contributed by atoms with E-state index in [0.717, 1.165) is 0 Å². The van der Waals surface area contributed by atoms with E-state index in [9.17, 15) is 23.9 Å². The van der Waals surface area contributed by atoms with Gasteiger partial charge in [-0.2, -0.15) is 9.69 Å². The van der Waals surface area contributed by atoms with Gasteiger partial charge in [-0.3, -0.25) is 4.79 Å². The SMILES string of the molecule is COc1ccc(C(=O)c2cn(C(C)C)c3ncnc(N)c23)cc1N(OP(=O)(O)O)C(=O)Nc1ccc(Cl)cc1Cl. The maximum absolute atomic E-state index is 13.7. The summed E-state index contributed by atoms with van der Waals surface area (Å²) in [7, 11) is -4.04. The minimum absolute atomic E-state index is 0.0125. The Kier molecular flexibility index (Phi) is 8.36. The number of methoxy groups -OCH3 is 1. The first kappa shape index (κ1) is 29.3. The number of phosphoric acid groups is 1. The Hall–Kier alpha value is -3.71. The van der Waals surface area contributed by atoms with E-state index in [1.165, 1.54) is 49.8 Å². The molecular formula is C24H23Cl2N6O7P. The molecule has 2 heterocycles. The van der Waals surface area contributed by atoms with Crippen molar-refractivity contribution >= 4 is 71.1 Å². The van der Waals surface area contributed by atoms with Gasteiger partial charge in [0.15, 0.2) is 5.78 Å². The summed E-state index contributed by atoms with van der Waals surface area (Å²) in [5.74, 6) is -0.492. The van der Waals surface area contributed by atoms with Crippen LogP contribution in [0, 0.1) is 0 Å². The molecule has 0 atom stereocenters. The lowest BCUT2D eigenvalue weighted by molar-refractivity contribution is 0.104. The molecule has 0 aliphatic rings. The van der Waals surface area contributed by atoms with Crippen LogP contribution < -0.4 is 20.9 Å². The van der Waals surface area contributed by atoms with Crippen molar-refractivity contribution in [2.24, 2.45) is 0 Å². The van der Waals surface area contributed by atoms with Gasteiger partial charge in [-0.25, -0.2) is 19.3 Å². The summed E-state index contributed by atoms with van der Waals surface area (Å²) >= 11 is 12.0. The number of halogens is 2. The van der Waals surface area contributed by atoms with E-state index in [1.54, 1.807) is 10.8 Å². The third kappa shape index (κ3) is 6.04. The van der Waals surface area contributed by atoms with Gasteiger partial charge in [0.1, 0.15) is 29.2 Å².